The standard InChI is InChI=1S/C18H28N2O2/c1-15-3-6-17(7-4-15)22-14-2-11-20-18(21)8-5-16-9-12-19-13-10-16/h3-4,6-7,16,19H,2,5,8-14H2,1H3,(H,20,21). The Kier molecular flexibility index (Phi) is 7.23. The molecule has 0 atom stereocenters. The van der Waals surface area contributed by atoms with Crippen LogP contribution in [-0.4, -0.2) is 32.1 Å². The lowest BCUT2D eigenvalue weighted by molar-refractivity contribution is -0.121. The van der Waals surface area contributed by atoms with Crippen LogP contribution in [0.2, 0.25) is 0 Å². The number of aryl methyl sites for hydroxylation is 1. The van der Waals surface area contributed by atoms with E-state index in [2.05, 4.69) is 17.6 Å². The molecule has 1 heterocycles. The van der Waals surface area contributed by atoms with Crippen LogP contribution in [-0.2, 0) is 4.79 Å². The van der Waals surface area contributed by atoms with Crippen molar-refractivity contribution in [1.82, 2.24) is 10.6 Å². The minimum Gasteiger partial charge on any atom is -0.494 e. The Balaban J connectivity index is 1.49. The third-order valence-electron chi connectivity index (χ3n) is 4.17. The molecule has 0 bridgehead atoms. The van der Waals surface area contributed by atoms with Gasteiger partial charge in [0.1, 0.15) is 5.75 Å². The van der Waals surface area contributed by atoms with Crippen molar-refractivity contribution >= 4 is 5.91 Å². The van der Waals surface area contributed by atoms with Crippen LogP contribution in [0.4, 0.5) is 0 Å². The molecule has 1 aliphatic rings. The van der Waals surface area contributed by atoms with E-state index in [0.717, 1.165) is 37.6 Å². The van der Waals surface area contributed by atoms with E-state index in [9.17, 15) is 4.79 Å². The summed E-state index contributed by atoms with van der Waals surface area (Å²) in [6.45, 7) is 5.59. The van der Waals surface area contributed by atoms with Crippen LogP contribution in [0.25, 0.3) is 0 Å². The van der Waals surface area contributed by atoms with E-state index in [0.29, 0.717) is 19.6 Å². The average Bonchev–Trinajstić information content (AvgIpc) is 2.55. The van der Waals surface area contributed by atoms with Crippen molar-refractivity contribution in [2.45, 2.75) is 39.0 Å². The summed E-state index contributed by atoms with van der Waals surface area (Å²) in [7, 11) is 0. The fraction of sp³-hybridized carbons (Fsp3) is 0.611. The van der Waals surface area contributed by atoms with E-state index in [-0.39, 0.29) is 5.91 Å². The van der Waals surface area contributed by atoms with Crippen molar-refractivity contribution in [1.29, 1.82) is 0 Å². The van der Waals surface area contributed by atoms with Crippen molar-refractivity contribution in [3.05, 3.63) is 29.8 Å². The van der Waals surface area contributed by atoms with Gasteiger partial charge in [-0.05, 0) is 63.7 Å². The third kappa shape index (κ3) is 6.48. The van der Waals surface area contributed by atoms with Gasteiger partial charge < -0.3 is 15.4 Å². The predicted molar refractivity (Wildman–Crippen MR) is 89.1 cm³/mol. The molecule has 1 fully saturated rings. The van der Waals surface area contributed by atoms with E-state index in [1.807, 2.05) is 24.3 Å². The fourth-order valence-electron chi connectivity index (χ4n) is 2.72. The maximum atomic E-state index is 11.8. The highest BCUT2D eigenvalue weighted by molar-refractivity contribution is 5.75. The second-order valence-electron chi connectivity index (χ2n) is 6.10. The molecule has 4 heteroatoms. The van der Waals surface area contributed by atoms with Gasteiger partial charge in [0, 0.05) is 13.0 Å². The molecular weight excluding hydrogens is 276 g/mol. The molecule has 2 rings (SSSR count). The van der Waals surface area contributed by atoms with Crippen molar-refractivity contribution in [3.63, 3.8) is 0 Å². The van der Waals surface area contributed by atoms with Gasteiger partial charge in [-0.2, -0.15) is 0 Å². The highest BCUT2D eigenvalue weighted by Crippen LogP contribution is 2.17. The number of hydrogen-bond donors (Lipinski definition) is 2. The lowest BCUT2D eigenvalue weighted by Crippen LogP contribution is -2.30. The Morgan fingerprint density at radius 2 is 2.00 bits per heavy atom. The summed E-state index contributed by atoms with van der Waals surface area (Å²) in [6, 6.07) is 8.04. The van der Waals surface area contributed by atoms with Gasteiger partial charge in [-0.3, -0.25) is 4.79 Å². The summed E-state index contributed by atoms with van der Waals surface area (Å²) < 4.78 is 5.64. The van der Waals surface area contributed by atoms with Crippen molar-refractivity contribution in [2.75, 3.05) is 26.2 Å². The number of ether oxygens (including phenoxy) is 1. The zero-order valence-electron chi connectivity index (χ0n) is 13.6. The molecule has 0 spiro atoms. The Bertz CT molecular complexity index is 439. The largest absolute Gasteiger partial charge is 0.494 e. The second-order valence-corrected chi connectivity index (χ2v) is 6.10. The Morgan fingerprint density at radius 1 is 1.27 bits per heavy atom. The number of carbonyl (C=O) groups is 1. The van der Waals surface area contributed by atoms with Gasteiger partial charge >= 0.3 is 0 Å². The first-order chi connectivity index (χ1) is 10.7. The fourth-order valence-corrected chi connectivity index (χ4v) is 2.72. The van der Waals surface area contributed by atoms with E-state index in [1.165, 1.54) is 18.4 Å². The summed E-state index contributed by atoms with van der Waals surface area (Å²) in [4.78, 5) is 11.8. The predicted octanol–water partition coefficient (Wildman–Crippen LogP) is 2.66. The lowest BCUT2D eigenvalue weighted by atomic mass is 9.93. The molecule has 0 saturated carbocycles. The number of amides is 1. The number of carbonyl (C=O) groups excluding carboxylic acids is 1. The third-order valence-corrected chi connectivity index (χ3v) is 4.17. The molecule has 1 aliphatic heterocycles. The van der Waals surface area contributed by atoms with Crippen molar-refractivity contribution in [2.24, 2.45) is 5.92 Å². The molecule has 22 heavy (non-hydrogen) atoms. The van der Waals surface area contributed by atoms with E-state index >= 15 is 0 Å². The topological polar surface area (TPSA) is 50.4 Å². The van der Waals surface area contributed by atoms with Crippen LogP contribution < -0.4 is 15.4 Å². The van der Waals surface area contributed by atoms with Crippen LogP contribution in [0, 0.1) is 12.8 Å². The molecular formula is C18H28N2O2. The van der Waals surface area contributed by atoms with Crippen LogP contribution in [0.5, 0.6) is 5.75 Å². The van der Waals surface area contributed by atoms with Crippen LogP contribution in [0.15, 0.2) is 24.3 Å². The molecule has 122 valence electrons. The zero-order valence-corrected chi connectivity index (χ0v) is 13.6. The van der Waals surface area contributed by atoms with Gasteiger partial charge in [0.05, 0.1) is 6.61 Å². The summed E-state index contributed by atoms with van der Waals surface area (Å²) in [5.74, 6) is 1.79. The zero-order chi connectivity index (χ0) is 15.6. The van der Waals surface area contributed by atoms with Gasteiger partial charge in [0.25, 0.3) is 0 Å². The monoisotopic (exact) mass is 304 g/mol. The first-order valence-corrected chi connectivity index (χ1v) is 8.41. The quantitative estimate of drug-likeness (QED) is 0.726. The molecule has 1 aromatic rings. The molecule has 0 aromatic heterocycles. The second kappa shape index (κ2) is 9.46. The summed E-state index contributed by atoms with van der Waals surface area (Å²) in [6.07, 6.45) is 4.93. The molecule has 1 amide bonds. The molecule has 0 radical (unpaired) electrons. The van der Waals surface area contributed by atoms with E-state index < -0.39 is 0 Å². The van der Waals surface area contributed by atoms with Crippen LogP contribution in [0.1, 0.15) is 37.7 Å². The Hall–Kier alpha value is -1.55. The SMILES string of the molecule is Cc1ccc(OCCCNC(=O)CCC2CCNCC2)cc1. The Labute approximate surface area is 133 Å². The Morgan fingerprint density at radius 3 is 2.73 bits per heavy atom. The first-order valence-electron chi connectivity index (χ1n) is 8.41. The normalized spacial score (nSPS) is 15.5. The van der Waals surface area contributed by atoms with Gasteiger partial charge in [-0.15, -0.1) is 0 Å². The molecule has 0 aliphatic carbocycles. The van der Waals surface area contributed by atoms with Crippen LogP contribution in [0.3, 0.4) is 0 Å². The molecule has 2 N–H and O–H groups in total. The first kappa shape index (κ1) is 16.8. The van der Waals surface area contributed by atoms with Crippen molar-refractivity contribution < 1.29 is 9.53 Å². The highest BCUT2D eigenvalue weighted by Gasteiger charge is 2.14. The van der Waals surface area contributed by atoms with Crippen LogP contribution >= 0.6 is 0 Å². The molecule has 1 saturated heterocycles. The minimum absolute atomic E-state index is 0.175. The van der Waals surface area contributed by atoms with Gasteiger partial charge in [0.15, 0.2) is 0 Å². The summed E-state index contributed by atoms with van der Waals surface area (Å²) in [5, 5.41) is 6.34. The van der Waals surface area contributed by atoms with Crippen molar-refractivity contribution in [3.8, 4) is 5.75 Å². The number of benzene rings is 1. The summed E-state index contributed by atoms with van der Waals surface area (Å²) >= 11 is 0. The highest BCUT2D eigenvalue weighted by atomic mass is 16.5. The molecule has 4 nitrogen and oxygen atoms in total. The minimum atomic E-state index is 0.175. The van der Waals surface area contributed by atoms with Gasteiger partial charge in [-0.25, -0.2) is 0 Å². The van der Waals surface area contributed by atoms with Gasteiger partial charge in [-0.1, -0.05) is 17.7 Å². The average molecular weight is 304 g/mol. The number of nitrogens with one attached hydrogen (secondary N) is 2. The van der Waals surface area contributed by atoms with E-state index in [4.69, 9.17) is 4.74 Å². The number of rotatable bonds is 8. The molecule has 1 aromatic carbocycles. The van der Waals surface area contributed by atoms with Gasteiger partial charge in [0.2, 0.25) is 5.91 Å². The lowest BCUT2D eigenvalue weighted by Gasteiger charge is -2.22. The number of hydrogen-bond acceptors (Lipinski definition) is 3. The summed E-state index contributed by atoms with van der Waals surface area (Å²) in [5.41, 5.74) is 1.23. The maximum Gasteiger partial charge on any atom is 0.220 e. The van der Waals surface area contributed by atoms with E-state index in [1.54, 1.807) is 0 Å². The maximum absolute atomic E-state index is 11.8. The molecule has 0 unspecified atom stereocenters. The number of piperidine rings is 1. The smallest absolute Gasteiger partial charge is 0.220 e.